The molecular weight excluding hydrogens is 122 g/mol. The van der Waals surface area contributed by atoms with Gasteiger partial charge in [-0.05, 0) is 6.42 Å². The first-order valence-corrected chi connectivity index (χ1v) is 3.48. The fourth-order valence-electron chi connectivity index (χ4n) is 0.697. The van der Waals surface area contributed by atoms with Crippen LogP contribution in [0.2, 0.25) is 0 Å². The van der Waals surface area contributed by atoms with Gasteiger partial charge in [-0.15, -0.1) is 0 Å². The Kier molecular flexibility index (Phi) is 3.32. The highest BCUT2D eigenvalue weighted by Gasteiger charge is 1.73. The molecule has 0 aromatic carbocycles. The zero-order chi connectivity index (χ0) is 7.07. The van der Waals surface area contributed by atoms with Gasteiger partial charge in [0.1, 0.15) is 0 Å². The summed E-state index contributed by atoms with van der Waals surface area (Å²) in [6.07, 6.45) is 16.0. The van der Waals surface area contributed by atoms with Crippen LogP contribution in [0.1, 0.15) is 12.8 Å². The van der Waals surface area contributed by atoms with Gasteiger partial charge in [-0.2, -0.15) is 0 Å². The van der Waals surface area contributed by atoms with E-state index in [1.54, 1.807) is 0 Å². The lowest BCUT2D eigenvalue weighted by Gasteiger charge is -1.83. The number of rotatable bonds is 0. The molecule has 0 N–H and O–H groups in total. The number of hydrogen-bond donors (Lipinski definition) is 0. The van der Waals surface area contributed by atoms with Crippen molar-refractivity contribution in [3.8, 4) is 0 Å². The summed E-state index contributed by atoms with van der Waals surface area (Å²) in [6, 6.07) is 0. The summed E-state index contributed by atoms with van der Waals surface area (Å²) in [6.45, 7) is 0. The van der Waals surface area contributed by atoms with E-state index in [-0.39, 0.29) is 0 Å². The van der Waals surface area contributed by atoms with Gasteiger partial charge in [0.15, 0.2) is 0 Å². The van der Waals surface area contributed by atoms with Gasteiger partial charge in [0.25, 0.3) is 0 Å². The molecule has 52 valence electrons. The van der Waals surface area contributed by atoms with E-state index in [9.17, 15) is 0 Å². The van der Waals surface area contributed by atoms with Crippen molar-refractivity contribution in [2.24, 2.45) is 4.99 Å². The van der Waals surface area contributed by atoms with Gasteiger partial charge >= 0.3 is 0 Å². The van der Waals surface area contributed by atoms with Crippen LogP contribution in [-0.4, -0.2) is 6.21 Å². The maximum atomic E-state index is 4.04. The van der Waals surface area contributed by atoms with Crippen LogP contribution in [0.25, 0.3) is 0 Å². The quantitative estimate of drug-likeness (QED) is 0.481. The average Bonchev–Trinajstić information content (AvgIpc) is 2.01. The number of aliphatic imine (C=N–C) groups is 1. The molecule has 0 atom stereocenters. The monoisotopic (exact) mass is 133 g/mol. The normalized spacial score (nSPS) is 30.4. The van der Waals surface area contributed by atoms with Crippen molar-refractivity contribution in [1.82, 2.24) is 0 Å². The third kappa shape index (κ3) is 3.02. The van der Waals surface area contributed by atoms with Gasteiger partial charge in [-0.25, -0.2) is 0 Å². The van der Waals surface area contributed by atoms with Gasteiger partial charge in [-0.3, -0.25) is 4.99 Å². The summed E-state index contributed by atoms with van der Waals surface area (Å²) in [5.41, 5.74) is 0. The fourth-order valence-corrected chi connectivity index (χ4v) is 0.697. The highest BCUT2D eigenvalue weighted by molar-refractivity contribution is 5.60. The second kappa shape index (κ2) is 4.74. The third-order valence-electron chi connectivity index (χ3n) is 1.19. The van der Waals surface area contributed by atoms with Crippen LogP contribution in [-0.2, 0) is 0 Å². The lowest BCUT2D eigenvalue weighted by molar-refractivity contribution is 1.34. The van der Waals surface area contributed by atoms with E-state index in [0.29, 0.717) is 0 Å². The van der Waals surface area contributed by atoms with Gasteiger partial charge in [0.2, 0.25) is 0 Å². The topological polar surface area (TPSA) is 12.4 Å². The summed E-state index contributed by atoms with van der Waals surface area (Å²) in [5.74, 6) is 0. The van der Waals surface area contributed by atoms with Crippen molar-refractivity contribution in [3.63, 3.8) is 0 Å². The molecule has 0 aromatic heterocycles. The molecule has 10 heavy (non-hydrogen) atoms. The molecule has 1 aliphatic rings. The van der Waals surface area contributed by atoms with Crippen LogP contribution in [0.5, 0.6) is 0 Å². The molecule has 0 amide bonds. The van der Waals surface area contributed by atoms with Crippen LogP contribution in [0.4, 0.5) is 0 Å². The predicted molar refractivity (Wildman–Crippen MR) is 45.1 cm³/mol. The second-order valence-electron chi connectivity index (χ2n) is 2.04. The third-order valence-corrected chi connectivity index (χ3v) is 1.19. The standard InChI is InChI=1S/C9H11N/c1-2-4-6-8-10-9-7-5-3-1/h1-4,7-9H,5-6H2/b3-1-,4-2-,9-7-,10-8-. The molecule has 0 saturated heterocycles. The zero-order valence-corrected chi connectivity index (χ0v) is 5.90. The summed E-state index contributed by atoms with van der Waals surface area (Å²) in [7, 11) is 0. The van der Waals surface area contributed by atoms with E-state index < -0.39 is 0 Å². The smallest absolute Gasteiger partial charge is 0.0227 e. The number of allylic oxidation sites excluding steroid dienone is 5. The summed E-state index contributed by atoms with van der Waals surface area (Å²) in [5, 5.41) is 0. The zero-order valence-electron chi connectivity index (χ0n) is 5.90. The molecule has 0 bridgehead atoms. The maximum Gasteiger partial charge on any atom is 0.0227 e. The molecule has 0 fully saturated rings. The largest absolute Gasteiger partial charge is 0.269 e. The lowest BCUT2D eigenvalue weighted by Crippen LogP contribution is -1.69. The lowest BCUT2D eigenvalue weighted by atomic mass is 10.3. The van der Waals surface area contributed by atoms with Crippen molar-refractivity contribution in [1.29, 1.82) is 0 Å². The van der Waals surface area contributed by atoms with Crippen molar-refractivity contribution < 1.29 is 0 Å². The van der Waals surface area contributed by atoms with E-state index in [1.807, 2.05) is 24.6 Å². The van der Waals surface area contributed by atoms with Crippen LogP contribution in [0, 0.1) is 0 Å². The van der Waals surface area contributed by atoms with Crippen molar-refractivity contribution in [2.45, 2.75) is 12.8 Å². The Balaban J connectivity index is 2.50. The van der Waals surface area contributed by atoms with Crippen molar-refractivity contribution in [3.05, 3.63) is 36.6 Å². The molecule has 0 radical (unpaired) electrons. The Hall–Kier alpha value is -1.11. The molecular formula is C9H11N. The SMILES string of the molecule is C1=C\C/C=C\N=C/C\C=C/1. The molecule has 1 nitrogen and oxygen atoms in total. The molecule has 1 aliphatic heterocycles. The predicted octanol–water partition coefficient (Wildman–Crippen LogP) is 2.48. The van der Waals surface area contributed by atoms with Crippen LogP contribution in [0.15, 0.2) is 41.6 Å². The Bertz CT molecular complexity index is 143. The summed E-state index contributed by atoms with van der Waals surface area (Å²) >= 11 is 0. The molecule has 1 heterocycles. The van der Waals surface area contributed by atoms with Gasteiger partial charge < -0.3 is 0 Å². The first-order valence-electron chi connectivity index (χ1n) is 3.48. The minimum absolute atomic E-state index is 0.925. The Labute approximate surface area is 61.5 Å². The second-order valence-corrected chi connectivity index (χ2v) is 2.04. The molecule has 0 unspecified atom stereocenters. The maximum absolute atomic E-state index is 4.04. The Morgan fingerprint density at radius 3 is 2.60 bits per heavy atom. The number of nitrogens with zero attached hydrogens (tertiary/aromatic N) is 1. The molecule has 1 rings (SSSR count). The van der Waals surface area contributed by atoms with Crippen molar-refractivity contribution in [2.75, 3.05) is 0 Å². The van der Waals surface area contributed by atoms with E-state index >= 15 is 0 Å². The molecule has 0 saturated carbocycles. The highest BCUT2D eigenvalue weighted by atomic mass is 14.7. The van der Waals surface area contributed by atoms with Crippen LogP contribution in [0.3, 0.4) is 0 Å². The molecule has 0 aliphatic carbocycles. The van der Waals surface area contributed by atoms with E-state index in [0.717, 1.165) is 12.8 Å². The van der Waals surface area contributed by atoms with Crippen LogP contribution >= 0.6 is 0 Å². The molecule has 1 heteroatoms. The average molecular weight is 133 g/mol. The first kappa shape index (κ1) is 7.00. The van der Waals surface area contributed by atoms with Gasteiger partial charge in [0, 0.05) is 18.8 Å². The van der Waals surface area contributed by atoms with E-state index in [4.69, 9.17) is 0 Å². The highest BCUT2D eigenvalue weighted by Crippen LogP contribution is 1.90. The van der Waals surface area contributed by atoms with Gasteiger partial charge in [0.05, 0.1) is 0 Å². The summed E-state index contributed by atoms with van der Waals surface area (Å²) < 4.78 is 0. The summed E-state index contributed by atoms with van der Waals surface area (Å²) in [4.78, 5) is 4.04. The first-order chi connectivity index (χ1) is 5.00. The molecule has 0 aromatic rings. The minimum Gasteiger partial charge on any atom is -0.269 e. The van der Waals surface area contributed by atoms with Gasteiger partial charge in [-0.1, -0.05) is 30.4 Å². The Morgan fingerprint density at radius 2 is 1.70 bits per heavy atom. The number of hydrogen-bond acceptors (Lipinski definition) is 1. The van der Waals surface area contributed by atoms with E-state index in [2.05, 4.69) is 23.2 Å². The van der Waals surface area contributed by atoms with E-state index in [1.165, 1.54) is 0 Å². The fraction of sp³-hybridized carbons (Fsp3) is 0.222. The Morgan fingerprint density at radius 1 is 0.900 bits per heavy atom. The van der Waals surface area contributed by atoms with Crippen molar-refractivity contribution >= 4 is 6.21 Å². The molecule has 0 spiro atoms. The van der Waals surface area contributed by atoms with Crippen LogP contribution < -0.4 is 0 Å². The minimum atomic E-state index is 0.925.